The number of aromatic nitrogens is 2. The molecule has 100 valence electrons. The number of rotatable bonds is 5. The summed E-state index contributed by atoms with van der Waals surface area (Å²) in [6, 6.07) is 5.75. The largest absolute Gasteiger partial charge is 0.477 e. The van der Waals surface area contributed by atoms with Gasteiger partial charge in [-0.3, -0.25) is 4.98 Å². The lowest BCUT2D eigenvalue weighted by atomic mass is 10.3. The van der Waals surface area contributed by atoms with Crippen molar-refractivity contribution in [3.63, 3.8) is 0 Å². The molecule has 0 atom stereocenters. The topological polar surface area (TPSA) is 66.3 Å². The lowest BCUT2D eigenvalue weighted by Crippen LogP contribution is -2.22. The van der Waals surface area contributed by atoms with Gasteiger partial charge >= 0.3 is 5.97 Å². The molecule has 0 saturated carbocycles. The molecule has 0 saturated heterocycles. The van der Waals surface area contributed by atoms with Gasteiger partial charge in [-0.15, -0.1) is 0 Å². The Morgan fingerprint density at radius 1 is 1.47 bits per heavy atom. The number of hydrogen-bond acceptors (Lipinski definition) is 5. The standard InChI is InChI=1S/C13H15N3O2S/c1-3-16(8-10-6-4-5-7-14-10)13-15-9(2)11(19-13)12(17)18/h4-7H,3,8H2,1-2H3,(H,17,18). The maximum Gasteiger partial charge on any atom is 0.347 e. The maximum atomic E-state index is 11.0. The summed E-state index contributed by atoms with van der Waals surface area (Å²) in [6.45, 7) is 5.12. The van der Waals surface area contributed by atoms with E-state index < -0.39 is 5.97 Å². The number of aryl methyl sites for hydroxylation is 1. The van der Waals surface area contributed by atoms with E-state index in [1.165, 1.54) is 11.3 Å². The van der Waals surface area contributed by atoms with E-state index in [9.17, 15) is 4.79 Å². The summed E-state index contributed by atoms with van der Waals surface area (Å²) < 4.78 is 0. The first-order valence-corrected chi connectivity index (χ1v) is 6.79. The predicted molar refractivity (Wildman–Crippen MR) is 74.8 cm³/mol. The van der Waals surface area contributed by atoms with Crippen molar-refractivity contribution >= 4 is 22.4 Å². The van der Waals surface area contributed by atoms with Gasteiger partial charge in [0, 0.05) is 12.7 Å². The lowest BCUT2D eigenvalue weighted by molar-refractivity contribution is 0.0701. The highest BCUT2D eigenvalue weighted by Crippen LogP contribution is 2.26. The molecule has 0 aliphatic carbocycles. The summed E-state index contributed by atoms with van der Waals surface area (Å²) in [7, 11) is 0. The number of hydrogen-bond donors (Lipinski definition) is 1. The molecule has 0 spiro atoms. The summed E-state index contributed by atoms with van der Waals surface area (Å²) in [6.07, 6.45) is 1.75. The third-order valence-corrected chi connectivity index (χ3v) is 3.92. The molecule has 1 N–H and O–H groups in total. The van der Waals surface area contributed by atoms with Crippen molar-refractivity contribution in [3.05, 3.63) is 40.7 Å². The number of carboxylic acid groups (broad SMARTS) is 1. The van der Waals surface area contributed by atoms with Gasteiger partial charge in [-0.05, 0) is 26.0 Å². The molecule has 0 aliphatic heterocycles. The van der Waals surface area contributed by atoms with Gasteiger partial charge in [-0.2, -0.15) is 0 Å². The van der Waals surface area contributed by atoms with Gasteiger partial charge in [0.15, 0.2) is 5.13 Å². The minimum atomic E-state index is -0.921. The van der Waals surface area contributed by atoms with Crippen molar-refractivity contribution in [2.75, 3.05) is 11.4 Å². The smallest absolute Gasteiger partial charge is 0.347 e. The molecule has 2 aromatic rings. The van der Waals surface area contributed by atoms with Crippen LogP contribution in [0.1, 0.15) is 28.0 Å². The van der Waals surface area contributed by atoms with Crippen molar-refractivity contribution < 1.29 is 9.90 Å². The molecule has 0 aromatic carbocycles. The summed E-state index contributed by atoms with van der Waals surface area (Å²) >= 11 is 1.21. The van der Waals surface area contributed by atoms with E-state index in [4.69, 9.17) is 5.11 Å². The number of pyridine rings is 1. The quantitative estimate of drug-likeness (QED) is 0.909. The number of thiazole rings is 1. The third kappa shape index (κ3) is 3.08. The van der Waals surface area contributed by atoms with E-state index in [2.05, 4.69) is 9.97 Å². The Morgan fingerprint density at radius 3 is 2.79 bits per heavy atom. The minimum absolute atomic E-state index is 0.300. The van der Waals surface area contributed by atoms with Gasteiger partial charge in [0.25, 0.3) is 0 Å². The van der Waals surface area contributed by atoms with E-state index in [1.54, 1.807) is 13.1 Å². The second-order valence-corrected chi connectivity index (χ2v) is 5.03. The van der Waals surface area contributed by atoms with Crippen LogP contribution in [0.4, 0.5) is 5.13 Å². The number of anilines is 1. The Bertz CT molecular complexity index is 569. The van der Waals surface area contributed by atoms with Crippen LogP contribution in [0.15, 0.2) is 24.4 Å². The fourth-order valence-electron chi connectivity index (χ4n) is 1.72. The van der Waals surface area contributed by atoms with Crippen LogP contribution in [-0.2, 0) is 6.54 Å². The van der Waals surface area contributed by atoms with Gasteiger partial charge < -0.3 is 10.0 Å². The minimum Gasteiger partial charge on any atom is -0.477 e. The molecule has 0 aliphatic rings. The first kappa shape index (κ1) is 13.5. The molecule has 0 radical (unpaired) electrons. The Labute approximate surface area is 115 Å². The fraction of sp³-hybridized carbons (Fsp3) is 0.308. The molecular weight excluding hydrogens is 262 g/mol. The Balaban J connectivity index is 2.22. The van der Waals surface area contributed by atoms with E-state index in [0.29, 0.717) is 17.1 Å². The third-order valence-electron chi connectivity index (χ3n) is 2.71. The molecule has 0 bridgehead atoms. The monoisotopic (exact) mass is 277 g/mol. The first-order chi connectivity index (χ1) is 9.11. The molecule has 19 heavy (non-hydrogen) atoms. The average molecular weight is 277 g/mol. The summed E-state index contributed by atoms with van der Waals surface area (Å²) in [5.74, 6) is -0.921. The number of aromatic carboxylic acids is 1. The summed E-state index contributed by atoms with van der Waals surface area (Å²) in [5, 5.41) is 9.79. The van der Waals surface area contributed by atoms with Crippen LogP contribution < -0.4 is 4.90 Å². The van der Waals surface area contributed by atoms with Gasteiger partial charge in [0.05, 0.1) is 17.9 Å². The normalized spacial score (nSPS) is 10.4. The molecule has 0 unspecified atom stereocenters. The van der Waals surface area contributed by atoms with Gasteiger partial charge in [-0.1, -0.05) is 17.4 Å². The SMILES string of the molecule is CCN(Cc1ccccn1)c1nc(C)c(C(=O)O)s1. The highest BCUT2D eigenvalue weighted by Gasteiger charge is 2.17. The Hall–Kier alpha value is -1.95. The zero-order valence-electron chi connectivity index (χ0n) is 10.8. The molecule has 0 fully saturated rings. The van der Waals surface area contributed by atoms with Crippen molar-refractivity contribution in [1.82, 2.24) is 9.97 Å². The summed E-state index contributed by atoms with van der Waals surface area (Å²) in [4.78, 5) is 22.0. The molecular formula is C13H15N3O2S. The van der Waals surface area contributed by atoms with E-state index in [-0.39, 0.29) is 0 Å². The average Bonchev–Trinajstić information content (AvgIpc) is 2.79. The molecule has 0 amide bonds. The van der Waals surface area contributed by atoms with Crippen molar-refractivity contribution in [1.29, 1.82) is 0 Å². The highest BCUT2D eigenvalue weighted by atomic mass is 32.1. The van der Waals surface area contributed by atoms with Crippen LogP contribution in [0.3, 0.4) is 0 Å². The molecule has 2 heterocycles. The highest BCUT2D eigenvalue weighted by molar-refractivity contribution is 7.17. The molecule has 5 nitrogen and oxygen atoms in total. The van der Waals surface area contributed by atoms with Crippen LogP contribution in [0, 0.1) is 6.92 Å². The zero-order chi connectivity index (χ0) is 13.8. The maximum absolute atomic E-state index is 11.0. The van der Waals surface area contributed by atoms with E-state index >= 15 is 0 Å². The second kappa shape index (κ2) is 5.79. The van der Waals surface area contributed by atoms with Crippen molar-refractivity contribution in [2.45, 2.75) is 20.4 Å². The second-order valence-electron chi connectivity index (χ2n) is 4.05. The molecule has 2 aromatic heterocycles. The van der Waals surface area contributed by atoms with Crippen LogP contribution in [0.2, 0.25) is 0 Å². The number of carbonyl (C=O) groups is 1. The van der Waals surface area contributed by atoms with E-state index in [0.717, 1.165) is 17.4 Å². The Morgan fingerprint density at radius 2 is 2.26 bits per heavy atom. The fourth-order valence-corrected chi connectivity index (χ4v) is 2.69. The van der Waals surface area contributed by atoms with E-state index in [1.807, 2.05) is 30.0 Å². The van der Waals surface area contributed by atoms with Crippen LogP contribution >= 0.6 is 11.3 Å². The Kier molecular flexibility index (Phi) is 4.11. The molecule has 6 heteroatoms. The summed E-state index contributed by atoms with van der Waals surface area (Å²) in [5.41, 5.74) is 1.50. The van der Waals surface area contributed by atoms with Crippen LogP contribution in [-0.4, -0.2) is 27.6 Å². The van der Waals surface area contributed by atoms with Gasteiger partial charge in [0.1, 0.15) is 4.88 Å². The first-order valence-electron chi connectivity index (χ1n) is 5.97. The number of nitrogens with zero attached hydrogens (tertiary/aromatic N) is 3. The zero-order valence-corrected chi connectivity index (χ0v) is 11.6. The van der Waals surface area contributed by atoms with Crippen LogP contribution in [0.5, 0.6) is 0 Å². The predicted octanol–water partition coefficient (Wildman–Crippen LogP) is 2.57. The number of carboxylic acids is 1. The van der Waals surface area contributed by atoms with Gasteiger partial charge in [-0.25, -0.2) is 9.78 Å². The van der Waals surface area contributed by atoms with Gasteiger partial charge in [0.2, 0.25) is 0 Å². The lowest BCUT2D eigenvalue weighted by Gasteiger charge is -2.18. The van der Waals surface area contributed by atoms with Crippen molar-refractivity contribution in [2.24, 2.45) is 0 Å². The van der Waals surface area contributed by atoms with Crippen LogP contribution in [0.25, 0.3) is 0 Å². The van der Waals surface area contributed by atoms with Crippen molar-refractivity contribution in [3.8, 4) is 0 Å². The molecule has 2 rings (SSSR count).